The van der Waals surface area contributed by atoms with Gasteiger partial charge in [0.15, 0.2) is 5.69 Å². The quantitative estimate of drug-likeness (QED) is 0.693. The Bertz CT molecular complexity index is 891. The molecule has 0 aliphatic rings. The molecule has 11 heteroatoms. The molecule has 0 atom stereocenters. The van der Waals surface area contributed by atoms with Gasteiger partial charge < -0.3 is 14.8 Å². The Hall–Kier alpha value is -2.82. The van der Waals surface area contributed by atoms with E-state index in [0.29, 0.717) is 10.2 Å². The molecule has 0 aliphatic heterocycles. The number of anilines is 1. The smallest absolute Gasteiger partial charge is 0.348 e. The maximum absolute atomic E-state index is 12.6. The van der Waals surface area contributed by atoms with Crippen molar-refractivity contribution in [3.8, 4) is 0 Å². The lowest BCUT2D eigenvalue weighted by Crippen LogP contribution is -2.17. The average molecular weight is 415 g/mol. The fraction of sp³-hybridized carbons (Fsp3) is 0.412. The predicted molar refractivity (Wildman–Crippen MR) is 97.0 cm³/mol. The predicted octanol–water partition coefficient (Wildman–Crippen LogP) is 3.64. The summed E-state index contributed by atoms with van der Waals surface area (Å²) in [4.78, 5) is 37.1. The van der Waals surface area contributed by atoms with Crippen LogP contribution in [0.4, 0.5) is 13.8 Å². The molecule has 28 heavy (non-hydrogen) atoms. The molecule has 0 bridgehead atoms. The number of thiophene rings is 1. The van der Waals surface area contributed by atoms with Crippen molar-refractivity contribution in [1.29, 1.82) is 0 Å². The molecule has 1 amide bonds. The van der Waals surface area contributed by atoms with Gasteiger partial charge in [0.1, 0.15) is 9.88 Å². The molecule has 0 aromatic carbocycles. The van der Waals surface area contributed by atoms with Crippen LogP contribution < -0.4 is 5.32 Å². The van der Waals surface area contributed by atoms with Crippen molar-refractivity contribution in [2.75, 3.05) is 11.9 Å². The van der Waals surface area contributed by atoms with Gasteiger partial charge in [-0.2, -0.15) is 13.9 Å². The molecule has 0 saturated carbocycles. The summed E-state index contributed by atoms with van der Waals surface area (Å²) in [6.07, 6.45) is 0.528. The van der Waals surface area contributed by atoms with Crippen LogP contribution in [0, 0.1) is 6.92 Å². The zero-order valence-electron chi connectivity index (χ0n) is 15.6. The first-order valence-electron chi connectivity index (χ1n) is 8.31. The SMILES string of the molecule is CCOC(=O)c1sc(NC(=O)c2ccn(C(F)F)n2)c(C(=O)OC(C)C)c1C. The van der Waals surface area contributed by atoms with Crippen molar-refractivity contribution in [3.63, 3.8) is 0 Å². The lowest BCUT2D eigenvalue weighted by molar-refractivity contribution is 0.0378. The second-order valence-electron chi connectivity index (χ2n) is 5.85. The number of nitrogens with zero attached hydrogens (tertiary/aromatic N) is 2. The summed E-state index contributed by atoms with van der Waals surface area (Å²) in [5.41, 5.74) is 0.0260. The van der Waals surface area contributed by atoms with Crippen LogP contribution in [0.25, 0.3) is 0 Å². The van der Waals surface area contributed by atoms with E-state index < -0.39 is 30.5 Å². The molecular formula is C17H19F2N3O5S. The molecule has 1 N–H and O–H groups in total. The Morgan fingerprint density at radius 1 is 1.29 bits per heavy atom. The molecule has 152 valence electrons. The Labute approximate surface area is 163 Å². The minimum absolute atomic E-state index is 0.00314. The maximum atomic E-state index is 12.6. The highest BCUT2D eigenvalue weighted by Crippen LogP contribution is 2.34. The fourth-order valence-corrected chi connectivity index (χ4v) is 3.33. The number of halogens is 2. The van der Waals surface area contributed by atoms with Gasteiger partial charge in [-0.15, -0.1) is 11.3 Å². The number of alkyl halides is 2. The zero-order chi connectivity index (χ0) is 21.0. The molecule has 2 aromatic heterocycles. The first-order chi connectivity index (χ1) is 13.1. The van der Waals surface area contributed by atoms with Crippen molar-refractivity contribution in [2.24, 2.45) is 0 Å². The lowest BCUT2D eigenvalue weighted by atomic mass is 10.1. The third-order valence-electron chi connectivity index (χ3n) is 3.42. The maximum Gasteiger partial charge on any atom is 0.348 e. The van der Waals surface area contributed by atoms with Crippen LogP contribution in [0.5, 0.6) is 0 Å². The van der Waals surface area contributed by atoms with Crippen molar-refractivity contribution in [2.45, 2.75) is 40.3 Å². The summed E-state index contributed by atoms with van der Waals surface area (Å²) in [5.74, 6) is -2.19. The molecule has 2 heterocycles. The Morgan fingerprint density at radius 2 is 1.96 bits per heavy atom. The highest BCUT2D eigenvalue weighted by Gasteiger charge is 2.28. The number of aromatic nitrogens is 2. The standard InChI is InChI=1S/C17H19F2N3O5S/c1-5-26-16(25)12-9(4)11(15(24)27-8(2)3)14(28-12)20-13(23)10-6-7-22(21-10)17(18)19/h6-8,17H,5H2,1-4H3,(H,20,23). The molecule has 2 rings (SSSR count). The van der Waals surface area contributed by atoms with E-state index >= 15 is 0 Å². The van der Waals surface area contributed by atoms with Gasteiger partial charge in [-0.3, -0.25) is 4.79 Å². The summed E-state index contributed by atoms with van der Waals surface area (Å²) >= 11 is 0.836. The van der Waals surface area contributed by atoms with Gasteiger partial charge in [0.25, 0.3) is 5.91 Å². The van der Waals surface area contributed by atoms with E-state index in [1.54, 1.807) is 20.8 Å². The van der Waals surface area contributed by atoms with Crippen LogP contribution in [-0.2, 0) is 9.47 Å². The van der Waals surface area contributed by atoms with E-state index in [4.69, 9.17) is 9.47 Å². The van der Waals surface area contributed by atoms with Crippen molar-refractivity contribution >= 4 is 34.2 Å². The van der Waals surface area contributed by atoms with E-state index in [-0.39, 0.29) is 27.7 Å². The second kappa shape index (κ2) is 8.91. The van der Waals surface area contributed by atoms with Crippen LogP contribution in [0.3, 0.4) is 0 Å². The minimum Gasteiger partial charge on any atom is -0.462 e. The molecule has 0 spiro atoms. The molecular weight excluding hydrogens is 396 g/mol. The van der Waals surface area contributed by atoms with Crippen molar-refractivity contribution in [1.82, 2.24) is 9.78 Å². The number of esters is 2. The summed E-state index contributed by atoms with van der Waals surface area (Å²) in [5, 5.41) is 5.96. The van der Waals surface area contributed by atoms with E-state index in [0.717, 1.165) is 23.6 Å². The largest absolute Gasteiger partial charge is 0.462 e. The van der Waals surface area contributed by atoms with Crippen LogP contribution in [0.1, 0.15) is 63.4 Å². The number of carbonyl (C=O) groups excluding carboxylic acids is 3. The first kappa shape index (κ1) is 21.5. The fourth-order valence-electron chi connectivity index (χ4n) is 2.25. The molecule has 8 nitrogen and oxygen atoms in total. The third-order valence-corrected chi connectivity index (χ3v) is 4.61. The molecule has 2 aromatic rings. The van der Waals surface area contributed by atoms with Gasteiger partial charge in [-0.05, 0) is 39.3 Å². The monoisotopic (exact) mass is 415 g/mol. The summed E-state index contributed by atoms with van der Waals surface area (Å²) < 4.78 is 35.7. The molecule has 0 radical (unpaired) electrons. The topological polar surface area (TPSA) is 99.5 Å². The second-order valence-corrected chi connectivity index (χ2v) is 6.87. The van der Waals surface area contributed by atoms with Gasteiger partial charge in [-0.1, -0.05) is 0 Å². The number of carbonyl (C=O) groups is 3. The normalized spacial score (nSPS) is 11.0. The number of hydrogen-bond donors (Lipinski definition) is 1. The first-order valence-corrected chi connectivity index (χ1v) is 9.13. The van der Waals surface area contributed by atoms with E-state index in [9.17, 15) is 23.2 Å². The Balaban J connectivity index is 2.39. The highest BCUT2D eigenvalue weighted by molar-refractivity contribution is 7.18. The average Bonchev–Trinajstić information content (AvgIpc) is 3.19. The number of ether oxygens (including phenoxy) is 2. The highest BCUT2D eigenvalue weighted by atomic mass is 32.1. The Morgan fingerprint density at radius 3 is 2.50 bits per heavy atom. The summed E-state index contributed by atoms with van der Waals surface area (Å²) in [7, 11) is 0. The Kier molecular flexibility index (Phi) is 6.84. The number of hydrogen-bond acceptors (Lipinski definition) is 7. The lowest BCUT2D eigenvalue weighted by Gasteiger charge is -2.10. The third kappa shape index (κ3) is 4.71. The van der Waals surface area contributed by atoms with E-state index in [2.05, 4.69) is 10.4 Å². The molecule has 0 aliphatic carbocycles. The van der Waals surface area contributed by atoms with Gasteiger partial charge in [0, 0.05) is 6.20 Å². The van der Waals surface area contributed by atoms with Gasteiger partial charge in [0.05, 0.1) is 18.3 Å². The number of rotatable bonds is 7. The molecule has 0 fully saturated rings. The zero-order valence-corrected chi connectivity index (χ0v) is 16.4. The minimum atomic E-state index is -2.89. The summed E-state index contributed by atoms with van der Waals surface area (Å²) in [6, 6.07) is 1.11. The van der Waals surface area contributed by atoms with Crippen LogP contribution in [0.15, 0.2) is 12.3 Å². The van der Waals surface area contributed by atoms with E-state index in [1.807, 2.05) is 0 Å². The van der Waals surface area contributed by atoms with Crippen LogP contribution >= 0.6 is 11.3 Å². The summed E-state index contributed by atoms with van der Waals surface area (Å²) in [6.45, 7) is 3.71. The van der Waals surface area contributed by atoms with Gasteiger partial charge >= 0.3 is 18.5 Å². The van der Waals surface area contributed by atoms with Gasteiger partial charge in [-0.25, -0.2) is 14.3 Å². The van der Waals surface area contributed by atoms with Crippen LogP contribution in [0.2, 0.25) is 0 Å². The van der Waals surface area contributed by atoms with Gasteiger partial charge in [0.2, 0.25) is 0 Å². The number of nitrogens with one attached hydrogen (secondary N) is 1. The van der Waals surface area contributed by atoms with Crippen LogP contribution in [-0.4, -0.2) is 40.3 Å². The van der Waals surface area contributed by atoms with Crippen molar-refractivity contribution < 1.29 is 32.6 Å². The van der Waals surface area contributed by atoms with E-state index in [1.165, 1.54) is 6.92 Å². The number of amides is 1. The molecule has 0 saturated heterocycles. The molecule has 0 unspecified atom stereocenters. The van der Waals surface area contributed by atoms with Crippen molar-refractivity contribution in [3.05, 3.63) is 34.0 Å².